The number of hydrogen-bond donors (Lipinski definition) is 2. The van der Waals surface area contributed by atoms with Crippen LogP contribution in [0.25, 0.3) is 0 Å². The van der Waals surface area contributed by atoms with E-state index >= 15 is 0 Å². The maximum absolute atomic E-state index is 5.90. The molecule has 110 valence electrons. The predicted octanol–water partition coefficient (Wildman–Crippen LogP) is 3.19. The average Bonchev–Trinajstić information content (AvgIpc) is 3.01. The molecule has 2 aliphatic rings. The van der Waals surface area contributed by atoms with E-state index in [0.717, 1.165) is 36.2 Å². The zero-order chi connectivity index (χ0) is 13.8. The highest BCUT2D eigenvalue weighted by atomic mass is 32.2. The van der Waals surface area contributed by atoms with Crippen LogP contribution in [0, 0.1) is 0 Å². The Morgan fingerprint density at radius 3 is 2.95 bits per heavy atom. The van der Waals surface area contributed by atoms with Gasteiger partial charge in [0, 0.05) is 16.6 Å². The van der Waals surface area contributed by atoms with E-state index in [9.17, 15) is 0 Å². The Bertz CT molecular complexity index is 446. The summed E-state index contributed by atoms with van der Waals surface area (Å²) in [6, 6.07) is 6.65. The Labute approximate surface area is 125 Å². The summed E-state index contributed by atoms with van der Waals surface area (Å²) in [4.78, 5) is 0. The van der Waals surface area contributed by atoms with Crippen molar-refractivity contribution in [1.82, 2.24) is 5.43 Å². The highest BCUT2D eigenvalue weighted by Crippen LogP contribution is 2.36. The number of fused-ring (bicyclic) bond motifs is 1. The first-order valence-electron chi connectivity index (χ1n) is 7.71. The second-order valence-electron chi connectivity index (χ2n) is 5.75. The number of thioether (sulfide) groups is 1. The molecule has 1 saturated carbocycles. The van der Waals surface area contributed by atoms with Crippen LogP contribution in [0.15, 0.2) is 18.2 Å². The second kappa shape index (κ2) is 6.83. The Hall–Kier alpha value is -0.710. The quantitative estimate of drug-likeness (QED) is 0.646. The number of hydrogen-bond acceptors (Lipinski definition) is 4. The first-order chi connectivity index (χ1) is 9.88. The van der Waals surface area contributed by atoms with Gasteiger partial charge in [-0.1, -0.05) is 31.0 Å². The first kappa shape index (κ1) is 14.2. The van der Waals surface area contributed by atoms with Gasteiger partial charge in [0.25, 0.3) is 0 Å². The molecule has 1 heterocycles. The van der Waals surface area contributed by atoms with Gasteiger partial charge < -0.3 is 4.74 Å². The van der Waals surface area contributed by atoms with Crippen molar-refractivity contribution in [2.45, 2.75) is 49.8 Å². The fraction of sp³-hybridized carbons (Fsp3) is 0.625. The summed E-state index contributed by atoms with van der Waals surface area (Å²) in [5.74, 6) is 7.91. The van der Waals surface area contributed by atoms with E-state index in [2.05, 4.69) is 35.4 Å². The molecule has 0 radical (unpaired) electrons. The topological polar surface area (TPSA) is 47.3 Å². The second-order valence-corrected chi connectivity index (χ2v) is 7.08. The van der Waals surface area contributed by atoms with Crippen molar-refractivity contribution < 1.29 is 4.74 Å². The molecular weight excluding hydrogens is 268 g/mol. The van der Waals surface area contributed by atoms with Crippen LogP contribution in [-0.2, 0) is 6.42 Å². The van der Waals surface area contributed by atoms with Crippen molar-refractivity contribution in [3.05, 3.63) is 29.3 Å². The summed E-state index contributed by atoms with van der Waals surface area (Å²) in [5.41, 5.74) is 5.56. The van der Waals surface area contributed by atoms with Crippen molar-refractivity contribution in [3.63, 3.8) is 0 Å². The predicted molar refractivity (Wildman–Crippen MR) is 85.0 cm³/mol. The van der Waals surface area contributed by atoms with Crippen LogP contribution in [0.4, 0.5) is 0 Å². The molecule has 1 fully saturated rings. The lowest BCUT2D eigenvalue weighted by molar-refractivity contribution is 0.282. The van der Waals surface area contributed by atoms with Gasteiger partial charge in [0.05, 0.1) is 12.6 Å². The average molecular weight is 292 g/mol. The minimum absolute atomic E-state index is 0.189. The molecule has 0 saturated heterocycles. The van der Waals surface area contributed by atoms with Crippen LogP contribution in [0.1, 0.15) is 49.3 Å². The molecule has 1 aromatic rings. The third-order valence-corrected chi connectivity index (χ3v) is 5.81. The number of para-hydroxylation sites is 1. The van der Waals surface area contributed by atoms with Crippen molar-refractivity contribution in [2.75, 3.05) is 12.4 Å². The Morgan fingerprint density at radius 2 is 2.15 bits per heavy atom. The van der Waals surface area contributed by atoms with Gasteiger partial charge >= 0.3 is 0 Å². The van der Waals surface area contributed by atoms with E-state index in [1.807, 2.05) is 0 Å². The molecule has 1 aromatic carbocycles. The molecule has 1 atom stereocenters. The molecule has 3 rings (SSSR count). The number of rotatable bonds is 5. The van der Waals surface area contributed by atoms with Gasteiger partial charge in [-0.2, -0.15) is 11.8 Å². The summed E-state index contributed by atoms with van der Waals surface area (Å²) < 4.78 is 5.90. The fourth-order valence-electron chi connectivity index (χ4n) is 3.20. The lowest BCUT2D eigenvalue weighted by atomic mass is 9.99. The van der Waals surface area contributed by atoms with Gasteiger partial charge in [-0.25, -0.2) is 0 Å². The molecule has 20 heavy (non-hydrogen) atoms. The van der Waals surface area contributed by atoms with E-state index < -0.39 is 0 Å². The monoisotopic (exact) mass is 292 g/mol. The van der Waals surface area contributed by atoms with Gasteiger partial charge in [-0.05, 0) is 31.2 Å². The van der Waals surface area contributed by atoms with E-state index in [4.69, 9.17) is 10.6 Å². The van der Waals surface area contributed by atoms with E-state index in [-0.39, 0.29) is 6.04 Å². The van der Waals surface area contributed by atoms with Gasteiger partial charge in [-0.3, -0.25) is 11.3 Å². The summed E-state index contributed by atoms with van der Waals surface area (Å²) in [5, 5.41) is 0.825. The molecule has 0 amide bonds. The van der Waals surface area contributed by atoms with Crippen molar-refractivity contribution in [1.29, 1.82) is 0 Å². The summed E-state index contributed by atoms with van der Waals surface area (Å²) in [6.07, 6.45) is 7.76. The van der Waals surface area contributed by atoms with Crippen LogP contribution in [-0.4, -0.2) is 17.6 Å². The largest absolute Gasteiger partial charge is 0.493 e. The standard InChI is InChI=1S/C16H24N2OS/c17-18-15(11-20-13-7-1-2-8-13)14-9-3-5-12-6-4-10-19-16(12)14/h3,5,9,13,15,18H,1-2,4,6-8,10-11,17H2. The first-order valence-corrected chi connectivity index (χ1v) is 8.75. The van der Waals surface area contributed by atoms with Crippen molar-refractivity contribution >= 4 is 11.8 Å². The van der Waals surface area contributed by atoms with Gasteiger partial charge in [-0.15, -0.1) is 0 Å². The molecule has 4 heteroatoms. The minimum atomic E-state index is 0.189. The Kier molecular flexibility index (Phi) is 4.86. The van der Waals surface area contributed by atoms with Crippen LogP contribution in [0.5, 0.6) is 5.75 Å². The zero-order valence-electron chi connectivity index (χ0n) is 11.9. The minimum Gasteiger partial charge on any atom is -0.493 e. The highest BCUT2D eigenvalue weighted by molar-refractivity contribution is 7.99. The van der Waals surface area contributed by atoms with Crippen LogP contribution in [0.2, 0.25) is 0 Å². The van der Waals surface area contributed by atoms with Crippen LogP contribution < -0.4 is 16.0 Å². The van der Waals surface area contributed by atoms with Gasteiger partial charge in [0.15, 0.2) is 0 Å². The van der Waals surface area contributed by atoms with Crippen LogP contribution in [0.3, 0.4) is 0 Å². The Balaban J connectivity index is 1.71. The number of nitrogens with two attached hydrogens (primary N) is 1. The number of hydrazine groups is 1. The summed E-state index contributed by atoms with van der Waals surface area (Å²) >= 11 is 2.06. The van der Waals surface area contributed by atoms with E-state index in [0.29, 0.717) is 0 Å². The number of nitrogens with one attached hydrogen (secondary N) is 1. The van der Waals surface area contributed by atoms with E-state index in [1.54, 1.807) is 0 Å². The number of ether oxygens (including phenoxy) is 1. The zero-order valence-corrected chi connectivity index (χ0v) is 12.8. The van der Waals surface area contributed by atoms with Crippen molar-refractivity contribution in [3.8, 4) is 5.75 Å². The third-order valence-electron chi connectivity index (χ3n) is 4.34. The van der Waals surface area contributed by atoms with Gasteiger partial charge in [0.1, 0.15) is 5.75 Å². The molecule has 1 aliphatic carbocycles. The molecule has 0 aromatic heterocycles. The van der Waals surface area contributed by atoms with E-state index in [1.165, 1.54) is 36.8 Å². The molecule has 0 spiro atoms. The maximum atomic E-state index is 5.90. The maximum Gasteiger partial charge on any atom is 0.127 e. The lowest BCUT2D eigenvalue weighted by Crippen LogP contribution is -2.31. The summed E-state index contributed by atoms with van der Waals surface area (Å²) in [6.45, 7) is 0.830. The molecule has 0 bridgehead atoms. The highest BCUT2D eigenvalue weighted by Gasteiger charge is 2.22. The van der Waals surface area contributed by atoms with Crippen molar-refractivity contribution in [2.24, 2.45) is 5.84 Å². The fourth-order valence-corrected chi connectivity index (χ4v) is 4.61. The summed E-state index contributed by atoms with van der Waals surface area (Å²) in [7, 11) is 0. The molecular formula is C16H24N2OS. The number of benzene rings is 1. The molecule has 3 N–H and O–H groups in total. The molecule has 1 unspecified atom stereocenters. The molecule has 3 nitrogen and oxygen atoms in total. The third kappa shape index (κ3) is 3.13. The lowest BCUT2D eigenvalue weighted by Gasteiger charge is -2.25. The Morgan fingerprint density at radius 1 is 1.30 bits per heavy atom. The normalized spacial score (nSPS) is 20.4. The molecule has 1 aliphatic heterocycles. The van der Waals surface area contributed by atoms with Crippen LogP contribution >= 0.6 is 11.8 Å². The van der Waals surface area contributed by atoms with Gasteiger partial charge in [0.2, 0.25) is 0 Å². The smallest absolute Gasteiger partial charge is 0.127 e. The SMILES string of the molecule is NNC(CSC1CCCC1)c1cccc2c1OCCC2. The number of aryl methyl sites for hydroxylation is 1.